The van der Waals surface area contributed by atoms with Crippen molar-refractivity contribution in [2.24, 2.45) is 0 Å². The highest BCUT2D eigenvalue weighted by molar-refractivity contribution is 7.15. The molecule has 2 aromatic rings. The molecule has 2 nitrogen and oxygen atoms in total. The van der Waals surface area contributed by atoms with Gasteiger partial charge in [-0.25, -0.2) is 4.98 Å². The monoisotopic (exact) mass is 348 g/mol. The van der Waals surface area contributed by atoms with Crippen molar-refractivity contribution in [3.63, 3.8) is 0 Å². The summed E-state index contributed by atoms with van der Waals surface area (Å²) in [5.74, 6) is 0. The molecule has 0 spiro atoms. The number of aromatic nitrogens is 1. The van der Waals surface area contributed by atoms with Crippen molar-refractivity contribution in [1.29, 1.82) is 0 Å². The van der Waals surface area contributed by atoms with Crippen molar-refractivity contribution in [1.82, 2.24) is 4.98 Å². The van der Waals surface area contributed by atoms with Crippen LogP contribution in [0.4, 0.5) is 5.13 Å². The molecule has 1 aromatic heterocycles. The normalized spacial score (nSPS) is 11.9. The summed E-state index contributed by atoms with van der Waals surface area (Å²) < 4.78 is 0. The van der Waals surface area contributed by atoms with Gasteiger partial charge in [-0.15, -0.1) is 11.3 Å². The van der Waals surface area contributed by atoms with E-state index >= 15 is 0 Å². The van der Waals surface area contributed by atoms with E-state index in [-0.39, 0.29) is 5.41 Å². The van der Waals surface area contributed by atoms with Crippen LogP contribution in [0, 0.1) is 0 Å². The molecule has 0 aliphatic carbocycles. The first kappa shape index (κ1) is 15.9. The molecule has 0 unspecified atom stereocenters. The molecule has 0 amide bonds. The molecular formula is C14H15Cl3N2S. The summed E-state index contributed by atoms with van der Waals surface area (Å²) in [6, 6.07) is 3.47. The van der Waals surface area contributed by atoms with E-state index in [0.29, 0.717) is 26.6 Å². The molecule has 2 rings (SSSR count). The maximum atomic E-state index is 6.23. The molecular weight excluding hydrogens is 335 g/mol. The van der Waals surface area contributed by atoms with Gasteiger partial charge in [0.25, 0.3) is 0 Å². The average Bonchev–Trinajstić information content (AvgIpc) is 2.67. The lowest BCUT2D eigenvalue weighted by molar-refractivity contribution is 0.568. The van der Waals surface area contributed by atoms with Crippen LogP contribution in [0.1, 0.15) is 36.9 Å². The number of nitrogen functional groups attached to an aromatic ring is 1. The number of rotatable bonds is 2. The van der Waals surface area contributed by atoms with Gasteiger partial charge >= 0.3 is 0 Å². The molecule has 0 fully saturated rings. The third-order valence-electron chi connectivity index (χ3n) is 2.86. The zero-order valence-corrected chi connectivity index (χ0v) is 14.5. The maximum Gasteiger partial charge on any atom is 0.180 e. The Hall–Kier alpha value is -0.480. The van der Waals surface area contributed by atoms with Gasteiger partial charge in [0.05, 0.1) is 15.7 Å². The molecule has 108 valence electrons. The zero-order chi connectivity index (χ0) is 15.1. The van der Waals surface area contributed by atoms with E-state index in [2.05, 4.69) is 25.8 Å². The summed E-state index contributed by atoms with van der Waals surface area (Å²) in [5.41, 5.74) is 7.71. The summed E-state index contributed by atoms with van der Waals surface area (Å²) in [4.78, 5) is 5.55. The van der Waals surface area contributed by atoms with E-state index in [1.54, 1.807) is 12.1 Å². The highest BCUT2D eigenvalue weighted by Crippen LogP contribution is 2.35. The van der Waals surface area contributed by atoms with Crippen molar-refractivity contribution in [3.8, 4) is 0 Å². The largest absolute Gasteiger partial charge is 0.375 e. The minimum absolute atomic E-state index is 0.0633. The Labute approximate surface area is 137 Å². The molecule has 0 saturated heterocycles. The van der Waals surface area contributed by atoms with Gasteiger partial charge in [0, 0.05) is 21.7 Å². The predicted octanol–water partition coefficient (Wildman–Crippen LogP) is 5.57. The van der Waals surface area contributed by atoms with Gasteiger partial charge in [0.1, 0.15) is 0 Å². The lowest BCUT2D eigenvalue weighted by atomic mass is 9.90. The molecule has 1 heterocycles. The molecule has 20 heavy (non-hydrogen) atoms. The SMILES string of the molecule is CC(C)(C)c1nc(N)sc1Cc1cc(Cl)c(Cl)cc1Cl. The molecule has 2 N–H and O–H groups in total. The Morgan fingerprint density at radius 1 is 1.10 bits per heavy atom. The predicted molar refractivity (Wildman–Crippen MR) is 89.5 cm³/mol. The van der Waals surface area contributed by atoms with Crippen LogP contribution in [0.3, 0.4) is 0 Å². The molecule has 0 atom stereocenters. The number of thiazole rings is 1. The van der Waals surface area contributed by atoms with Crippen LogP contribution in [-0.4, -0.2) is 4.98 Å². The van der Waals surface area contributed by atoms with Crippen LogP contribution in [0.2, 0.25) is 15.1 Å². The van der Waals surface area contributed by atoms with Crippen LogP contribution >= 0.6 is 46.1 Å². The molecule has 0 radical (unpaired) electrons. The summed E-state index contributed by atoms with van der Waals surface area (Å²) in [6.45, 7) is 6.34. The lowest BCUT2D eigenvalue weighted by Gasteiger charge is -2.18. The van der Waals surface area contributed by atoms with Crippen LogP contribution < -0.4 is 5.73 Å². The van der Waals surface area contributed by atoms with Gasteiger partial charge in [-0.05, 0) is 17.7 Å². The van der Waals surface area contributed by atoms with Gasteiger partial charge in [0.2, 0.25) is 0 Å². The third kappa shape index (κ3) is 3.40. The number of nitrogens with zero attached hydrogens (tertiary/aromatic N) is 1. The smallest absolute Gasteiger partial charge is 0.180 e. The number of hydrogen-bond acceptors (Lipinski definition) is 3. The Kier molecular flexibility index (Phi) is 4.55. The minimum Gasteiger partial charge on any atom is -0.375 e. The standard InChI is InChI=1S/C14H15Cl3N2S/c1-14(2,3)12-11(20-13(18)19-12)5-7-4-9(16)10(17)6-8(7)15/h4,6H,5H2,1-3H3,(H2,18,19). The zero-order valence-electron chi connectivity index (χ0n) is 11.4. The van der Waals surface area contributed by atoms with Crippen molar-refractivity contribution in [2.45, 2.75) is 32.6 Å². The number of anilines is 1. The van der Waals surface area contributed by atoms with Gasteiger partial charge in [-0.2, -0.15) is 0 Å². The molecule has 6 heteroatoms. The van der Waals surface area contributed by atoms with Gasteiger partial charge in [-0.3, -0.25) is 0 Å². The first-order chi connectivity index (χ1) is 9.18. The van der Waals surface area contributed by atoms with Crippen LogP contribution in [-0.2, 0) is 11.8 Å². The Morgan fingerprint density at radius 3 is 2.30 bits per heavy atom. The van der Waals surface area contributed by atoms with E-state index in [1.165, 1.54) is 11.3 Å². The van der Waals surface area contributed by atoms with Crippen molar-refractivity contribution >= 4 is 51.3 Å². The number of halogens is 3. The fourth-order valence-corrected chi connectivity index (χ4v) is 3.65. The molecule has 1 aromatic carbocycles. The van der Waals surface area contributed by atoms with E-state index in [0.717, 1.165) is 16.1 Å². The number of nitrogens with two attached hydrogens (primary N) is 1. The second-order valence-electron chi connectivity index (χ2n) is 5.61. The summed E-state index contributed by atoms with van der Waals surface area (Å²) in [7, 11) is 0. The average molecular weight is 350 g/mol. The van der Waals surface area contributed by atoms with E-state index in [9.17, 15) is 0 Å². The molecule has 0 aliphatic rings. The van der Waals surface area contributed by atoms with Crippen molar-refractivity contribution < 1.29 is 0 Å². The Bertz CT molecular complexity index is 645. The second kappa shape index (κ2) is 5.72. The quantitative estimate of drug-likeness (QED) is 0.719. The minimum atomic E-state index is -0.0633. The topological polar surface area (TPSA) is 38.9 Å². The summed E-state index contributed by atoms with van der Waals surface area (Å²) >= 11 is 19.7. The van der Waals surface area contributed by atoms with Gasteiger partial charge in [-0.1, -0.05) is 55.6 Å². The van der Waals surface area contributed by atoms with Crippen LogP contribution in [0.15, 0.2) is 12.1 Å². The third-order valence-corrected chi connectivity index (χ3v) is 4.82. The van der Waals surface area contributed by atoms with Crippen molar-refractivity contribution in [2.75, 3.05) is 5.73 Å². The van der Waals surface area contributed by atoms with E-state index in [4.69, 9.17) is 40.5 Å². The first-order valence-corrected chi connectivity index (χ1v) is 8.02. The van der Waals surface area contributed by atoms with Crippen LogP contribution in [0.25, 0.3) is 0 Å². The summed E-state index contributed by atoms with van der Waals surface area (Å²) in [5, 5.41) is 2.13. The number of benzene rings is 1. The number of hydrogen-bond donors (Lipinski definition) is 1. The van der Waals surface area contributed by atoms with Crippen LogP contribution in [0.5, 0.6) is 0 Å². The maximum absolute atomic E-state index is 6.23. The molecule has 0 bridgehead atoms. The van der Waals surface area contributed by atoms with Crippen molar-refractivity contribution in [3.05, 3.63) is 43.3 Å². The Balaban J connectivity index is 2.43. The van der Waals surface area contributed by atoms with Gasteiger partial charge in [0.15, 0.2) is 5.13 Å². The fraction of sp³-hybridized carbons (Fsp3) is 0.357. The highest BCUT2D eigenvalue weighted by Gasteiger charge is 2.23. The second-order valence-corrected chi connectivity index (χ2v) is 7.95. The Morgan fingerprint density at radius 2 is 1.70 bits per heavy atom. The lowest BCUT2D eigenvalue weighted by Crippen LogP contribution is -2.14. The van der Waals surface area contributed by atoms with E-state index < -0.39 is 0 Å². The highest BCUT2D eigenvalue weighted by atomic mass is 35.5. The van der Waals surface area contributed by atoms with Gasteiger partial charge < -0.3 is 5.73 Å². The summed E-state index contributed by atoms with van der Waals surface area (Å²) in [6.07, 6.45) is 0.650. The van der Waals surface area contributed by atoms with E-state index in [1.807, 2.05) is 0 Å². The molecule has 0 aliphatic heterocycles. The fourth-order valence-electron chi connectivity index (χ4n) is 1.95. The first-order valence-electron chi connectivity index (χ1n) is 6.07. The molecule has 0 saturated carbocycles.